The molecule has 0 spiro atoms. The lowest BCUT2D eigenvalue weighted by atomic mass is 10.0. The predicted octanol–water partition coefficient (Wildman–Crippen LogP) is 2.88. The molecule has 1 aliphatic rings. The van der Waals surface area contributed by atoms with Crippen LogP contribution in [0.4, 0.5) is 11.4 Å². The second-order valence-corrected chi connectivity index (χ2v) is 5.44. The van der Waals surface area contributed by atoms with Crippen LogP contribution >= 0.6 is 11.8 Å². The predicted molar refractivity (Wildman–Crippen MR) is 79.2 cm³/mol. The number of rotatable bonds is 4. The van der Waals surface area contributed by atoms with Gasteiger partial charge in [0, 0.05) is 9.79 Å². The fourth-order valence-corrected chi connectivity index (χ4v) is 3.51. The Morgan fingerprint density at radius 2 is 1.75 bits per heavy atom. The average Bonchev–Trinajstić information content (AvgIpc) is 2.48. The van der Waals surface area contributed by atoms with Gasteiger partial charge >= 0.3 is 0 Å². The third-order valence-electron chi connectivity index (χ3n) is 3.22. The van der Waals surface area contributed by atoms with Crippen molar-refractivity contribution in [3.8, 4) is 0 Å². The van der Waals surface area contributed by atoms with Crippen LogP contribution in [0.3, 0.4) is 0 Å². The van der Waals surface area contributed by atoms with E-state index in [-0.39, 0.29) is 0 Å². The minimum Gasteiger partial charge on any atom is -0.327 e. The maximum Gasteiger partial charge on any atom is 0.211 e. The van der Waals surface area contributed by atoms with Gasteiger partial charge in [-0.1, -0.05) is 36.0 Å². The first-order valence-corrected chi connectivity index (χ1v) is 6.97. The van der Waals surface area contributed by atoms with E-state index in [2.05, 4.69) is 22.8 Å². The largest absolute Gasteiger partial charge is 0.327 e. The number of carbonyl (C=O) groups is 2. The van der Waals surface area contributed by atoms with Crippen molar-refractivity contribution >= 4 is 36.0 Å². The first kappa shape index (κ1) is 12.7. The summed E-state index contributed by atoms with van der Waals surface area (Å²) >= 11 is 1.61. The van der Waals surface area contributed by atoms with E-state index in [9.17, 15) is 9.59 Å². The van der Waals surface area contributed by atoms with Crippen LogP contribution in [0, 0.1) is 0 Å². The molecule has 0 atom stereocenters. The normalized spacial score (nSPS) is 12.0. The number of nitrogens with one attached hydrogen (secondary N) is 2. The van der Waals surface area contributed by atoms with E-state index in [1.165, 1.54) is 10.5 Å². The number of hydrogen-bond acceptors (Lipinski definition) is 3. The van der Waals surface area contributed by atoms with Crippen LogP contribution in [0.5, 0.6) is 0 Å². The molecular weight excluding hydrogens is 272 g/mol. The Labute approximate surface area is 120 Å². The number of fused-ring (bicyclic) bond motifs is 2. The van der Waals surface area contributed by atoms with Gasteiger partial charge in [-0.25, -0.2) is 0 Å². The second-order valence-electron chi connectivity index (χ2n) is 4.39. The van der Waals surface area contributed by atoms with Crippen LogP contribution in [-0.2, 0) is 16.0 Å². The van der Waals surface area contributed by atoms with Gasteiger partial charge in [-0.2, -0.15) is 0 Å². The van der Waals surface area contributed by atoms with E-state index in [1.54, 1.807) is 11.8 Å². The van der Waals surface area contributed by atoms with Gasteiger partial charge in [0.2, 0.25) is 12.8 Å². The molecule has 0 bridgehead atoms. The summed E-state index contributed by atoms with van der Waals surface area (Å²) in [6.45, 7) is 0. The Morgan fingerprint density at radius 3 is 2.55 bits per heavy atom. The molecule has 2 amide bonds. The SMILES string of the molecule is O=CNc1ccc2c(c1NC=O)Sc1ccccc1C2. The van der Waals surface area contributed by atoms with Gasteiger partial charge in [0.1, 0.15) is 0 Å². The van der Waals surface area contributed by atoms with Crippen molar-refractivity contribution in [3.05, 3.63) is 47.5 Å². The van der Waals surface area contributed by atoms with Gasteiger partial charge in [0.15, 0.2) is 0 Å². The molecule has 100 valence electrons. The van der Waals surface area contributed by atoms with E-state index in [4.69, 9.17) is 0 Å². The molecular formula is C15H12N2O2S. The maximum absolute atomic E-state index is 10.8. The van der Waals surface area contributed by atoms with Crippen molar-refractivity contribution in [2.24, 2.45) is 0 Å². The average molecular weight is 284 g/mol. The maximum atomic E-state index is 10.8. The first-order valence-electron chi connectivity index (χ1n) is 6.15. The lowest BCUT2D eigenvalue weighted by molar-refractivity contribution is -0.106. The Bertz CT molecular complexity index is 686. The molecule has 2 aromatic rings. The number of benzene rings is 2. The lowest BCUT2D eigenvalue weighted by Crippen LogP contribution is -2.08. The van der Waals surface area contributed by atoms with Crippen molar-refractivity contribution < 1.29 is 9.59 Å². The van der Waals surface area contributed by atoms with E-state index < -0.39 is 0 Å². The molecule has 0 saturated heterocycles. The molecule has 0 radical (unpaired) electrons. The van der Waals surface area contributed by atoms with Crippen molar-refractivity contribution in [2.45, 2.75) is 16.2 Å². The summed E-state index contributed by atoms with van der Waals surface area (Å²) in [6.07, 6.45) is 2.07. The van der Waals surface area contributed by atoms with Crippen LogP contribution in [-0.4, -0.2) is 12.8 Å². The minimum atomic E-state index is 0.609. The highest BCUT2D eigenvalue weighted by Crippen LogP contribution is 2.45. The van der Waals surface area contributed by atoms with Crippen LogP contribution < -0.4 is 10.6 Å². The van der Waals surface area contributed by atoms with Gasteiger partial charge in [-0.3, -0.25) is 9.59 Å². The highest BCUT2D eigenvalue weighted by Gasteiger charge is 2.20. The highest BCUT2D eigenvalue weighted by atomic mass is 32.2. The monoisotopic (exact) mass is 284 g/mol. The quantitative estimate of drug-likeness (QED) is 0.724. The van der Waals surface area contributed by atoms with E-state index in [1.807, 2.05) is 24.3 Å². The second kappa shape index (κ2) is 5.38. The van der Waals surface area contributed by atoms with Gasteiger partial charge in [0.05, 0.1) is 11.4 Å². The van der Waals surface area contributed by atoms with Crippen molar-refractivity contribution in [3.63, 3.8) is 0 Å². The summed E-state index contributed by atoms with van der Waals surface area (Å²) < 4.78 is 0. The minimum absolute atomic E-state index is 0.609. The Balaban J connectivity index is 2.10. The number of anilines is 2. The molecule has 0 aromatic heterocycles. The van der Waals surface area contributed by atoms with E-state index in [0.29, 0.717) is 24.2 Å². The number of amides is 2. The molecule has 0 unspecified atom stereocenters. The third kappa shape index (κ3) is 2.16. The molecule has 4 nitrogen and oxygen atoms in total. The zero-order valence-electron chi connectivity index (χ0n) is 10.6. The Hall–Kier alpha value is -2.27. The number of hydrogen-bond donors (Lipinski definition) is 2. The molecule has 5 heteroatoms. The molecule has 1 aliphatic heterocycles. The van der Waals surface area contributed by atoms with Crippen molar-refractivity contribution in [1.29, 1.82) is 0 Å². The lowest BCUT2D eigenvalue weighted by Gasteiger charge is -2.22. The fourth-order valence-electron chi connectivity index (χ4n) is 2.33. The first-order chi connectivity index (χ1) is 9.83. The molecule has 0 saturated carbocycles. The molecule has 3 rings (SSSR count). The molecule has 0 fully saturated rings. The van der Waals surface area contributed by atoms with Crippen LogP contribution in [0.25, 0.3) is 0 Å². The topological polar surface area (TPSA) is 58.2 Å². The molecule has 1 heterocycles. The smallest absolute Gasteiger partial charge is 0.211 e. The summed E-state index contributed by atoms with van der Waals surface area (Å²) in [5.41, 5.74) is 3.69. The Morgan fingerprint density at radius 1 is 0.950 bits per heavy atom. The summed E-state index contributed by atoms with van der Waals surface area (Å²) in [5, 5.41) is 5.32. The van der Waals surface area contributed by atoms with Gasteiger partial charge in [-0.15, -0.1) is 0 Å². The van der Waals surface area contributed by atoms with E-state index >= 15 is 0 Å². The fraction of sp³-hybridized carbons (Fsp3) is 0.0667. The molecule has 2 N–H and O–H groups in total. The summed E-state index contributed by atoms with van der Waals surface area (Å²) in [4.78, 5) is 23.7. The summed E-state index contributed by atoms with van der Waals surface area (Å²) in [5.74, 6) is 0. The zero-order chi connectivity index (χ0) is 13.9. The zero-order valence-corrected chi connectivity index (χ0v) is 11.4. The summed E-state index contributed by atoms with van der Waals surface area (Å²) in [7, 11) is 0. The molecule has 0 aliphatic carbocycles. The Kier molecular flexibility index (Phi) is 3.43. The molecule has 20 heavy (non-hydrogen) atoms. The standard InChI is InChI=1S/C15H12N2O2S/c18-8-16-12-6-5-11-7-10-3-1-2-4-13(10)20-15(11)14(12)17-9-19/h1-6,8-9H,7H2,(H,16,18)(H,17,19). The van der Waals surface area contributed by atoms with Crippen LogP contribution in [0.2, 0.25) is 0 Å². The van der Waals surface area contributed by atoms with Gasteiger partial charge in [-0.05, 0) is 29.7 Å². The van der Waals surface area contributed by atoms with Gasteiger partial charge < -0.3 is 10.6 Å². The third-order valence-corrected chi connectivity index (χ3v) is 4.51. The van der Waals surface area contributed by atoms with Gasteiger partial charge in [0.25, 0.3) is 0 Å². The van der Waals surface area contributed by atoms with E-state index in [0.717, 1.165) is 16.9 Å². The highest BCUT2D eigenvalue weighted by molar-refractivity contribution is 7.99. The molecule has 2 aromatic carbocycles. The van der Waals surface area contributed by atoms with Crippen LogP contribution in [0.1, 0.15) is 11.1 Å². The number of carbonyl (C=O) groups excluding carboxylic acids is 2. The van der Waals surface area contributed by atoms with Crippen molar-refractivity contribution in [2.75, 3.05) is 10.6 Å². The van der Waals surface area contributed by atoms with Crippen LogP contribution in [0.15, 0.2) is 46.2 Å². The van der Waals surface area contributed by atoms with Crippen molar-refractivity contribution in [1.82, 2.24) is 0 Å². The summed E-state index contributed by atoms with van der Waals surface area (Å²) in [6, 6.07) is 12.0.